The van der Waals surface area contributed by atoms with E-state index in [-0.39, 0.29) is 11.9 Å². The summed E-state index contributed by atoms with van der Waals surface area (Å²) < 4.78 is 2.69. The third-order valence-electron chi connectivity index (χ3n) is 4.14. The number of aryl methyl sites for hydroxylation is 2. The fourth-order valence-corrected chi connectivity index (χ4v) is 3.33. The summed E-state index contributed by atoms with van der Waals surface area (Å²) in [5.41, 5.74) is 1.44. The monoisotopic (exact) mass is 377 g/mol. The molecule has 1 aliphatic rings. The van der Waals surface area contributed by atoms with Gasteiger partial charge >= 0.3 is 0 Å². The molecule has 0 saturated carbocycles. The fraction of sp³-hybridized carbons (Fsp3) is 0.438. The number of hydrogen-bond acceptors (Lipinski definition) is 4. The Bertz CT molecular complexity index is 695. The number of carbonyl (C=O) groups is 1. The van der Waals surface area contributed by atoms with Gasteiger partial charge in [-0.1, -0.05) is 0 Å². The van der Waals surface area contributed by atoms with Gasteiger partial charge in [-0.25, -0.2) is 4.98 Å². The number of halogens is 1. The van der Waals surface area contributed by atoms with Gasteiger partial charge in [0.15, 0.2) is 0 Å². The van der Waals surface area contributed by atoms with E-state index in [0.29, 0.717) is 5.69 Å². The standard InChI is InChI=1S/C16H20BrN5O/c1-11-9-14(20-21(11)2)16(23)19-12-5-4-8-22(10-12)15-13(17)6-3-7-18-15/h3,6-7,9,12H,4-5,8,10H2,1-2H3,(H,19,23). The second kappa shape index (κ2) is 6.70. The Morgan fingerprint density at radius 2 is 2.30 bits per heavy atom. The van der Waals surface area contributed by atoms with Crippen LogP contribution in [0.3, 0.4) is 0 Å². The predicted molar refractivity (Wildman–Crippen MR) is 92.6 cm³/mol. The summed E-state index contributed by atoms with van der Waals surface area (Å²) in [6, 6.07) is 5.81. The topological polar surface area (TPSA) is 63.1 Å². The van der Waals surface area contributed by atoms with E-state index in [9.17, 15) is 4.79 Å². The molecule has 1 atom stereocenters. The Kier molecular flexibility index (Phi) is 4.66. The van der Waals surface area contributed by atoms with Gasteiger partial charge in [-0.15, -0.1) is 0 Å². The van der Waals surface area contributed by atoms with Crippen molar-refractivity contribution in [1.29, 1.82) is 0 Å². The Balaban J connectivity index is 1.67. The van der Waals surface area contributed by atoms with E-state index in [1.165, 1.54) is 0 Å². The van der Waals surface area contributed by atoms with E-state index in [1.807, 2.05) is 32.2 Å². The Morgan fingerprint density at radius 3 is 3.00 bits per heavy atom. The number of amides is 1. The quantitative estimate of drug-likeness (QED) is 0.890. The normalized spacial score (nSPS) is 18.0. The number of pyridine rings is 1. The summed E-state index contributed by atoms with van der Waals surface area (Å²) in [6.07, 6.45) is 3.78. The number of anilines is 1. The summed E-state index contributed by atoms with van der Waals surface area (Å²) in [7, 11) is 1.84. The van der Waals surface area contributed by atoms with Crippen molar-refractivity contribution >= 4 is 27.7 Å². The van der Waals surface area contributed by atoms with Gasteiger partial charge in [-0.3, -0.25) is 9.48 Å². The molecule has 1 amide bonds. The first kappa shape index (κ1) is 16.0. The SMILES string of the molecule is Cc1cc(C(=O)NC2CCCN(c3ncccc3Br)C2)nn1C. The third kappa shape index (κ3) is 3.55. The lowest BCUT2D eigenvalue weighted by Gasteiger charge is -2.34. The lowest BCUT2D eigenvalue weighted by atomic mass is 10.1. The van der Waals surface area contributed by atoms with Crippen LogP contribution in [0.25, 0.3) is 0 Å². The summed E-state index contributed by atoms with van der Waals surface area (Å²) in [5, 5.41) is 7.33. The number of hydrogen-bond donors (Lipinski definition) is 1. The summed E-state index contributed by atoms with van der Waals surface area (Å²) in [5.74, 6) is 0.820. The number of piperidine rings is 1. The first-order chi connectivity index (χ1) is 11.0. The average Bonchev–Trinajstić information content (AvgIpc) is 2.88. The van der Waals surface area contributed by atoms with E-state index in [2.05, 4.69) is 36.2 Å². The molecule has 3 heterocycles. The van der Waals surface area contributed by atoms with Crippen LogP contribution in [0.4, 0.5) is 5.82 Å². The lowest BCUT2D eigenvalue weighted by molar-refractivity contribution is 0.0927. The summed E-state index contributed by atoms with van der Waals surface area (Å²) >= 11 is 3.55. The summed E-state index contributed by atoms with van der Waals surface area (Å²) in [6.45, 7) is 3.64. The van der Waals surface area contributed by atoms with Crippen LogP contribution in [-0.4, -0.2) is 39.8 Å². The molecule has 1 unspecified atom stereocenters. The number of carbonyl (C=O) groups excluding carboxylic acids is 1. The highest BCUT2D eigenvalue weighted by Crippen LogP contribution is 2.25. The molecule has 0 aliphatic carbocycles. The van der Waals surface area contributed by atoms with Crippen LogP contribution >= 0.6 is 15.9 Å². The minimum Gasteiger partial charge on any atom is -0.354 e. The molecule has 7 heteroatoms. The third-order valence-corrected chi connectivity index (χ3v) is 4.76. The largest absolute Gasteiger partial charge is 0.354 e. The number of nitrogens with one attached hydrogen (secondary N) is 1. The molecule has 23 heavy (non-hydrogen) atoms. The van der Waals surface area contributed by atoms with Crippen LogP contribution in [0.5, 0.6) is 0 Å². The van der Waals surface area contributed by atoms with Gasteiger partial charge in [0.2, 0.25) is 0 Å². The van der Waals surface area contributed by atoms with Crippen LogP contribution in [-0.2, 0) is 7.05 Å². The van der Waals surface area contributed by atoms with Crippen LogP contribution in [0, 0.1) is 6.92 Å². The molecule has 2 aromatic heterocycles. The number of rotatable bonds is 3. The molecule has 1 saturated heterocycles. The van der Waals surface area contributed by atoms with Gasteiger partial charge in [-0.2, -0.15) is 5.10 Å². The second-order valence-corrected chi connectivity index (χ2v) is 6.72. The molecule has 0 bridgehead atoms. The van der Waals surface area contributed by atoms with E-state index < -0.39 is 0 Å². The van der Waals surface area contributed by atoms with Gasteiger partial charge in [-0.05, 0) is 53.9 Å². The molecular formula is C16H20BrN5O. The molecule has 0 aromatic carbocycles. The van der Waals surface area contributed by atoms with Crippen molar-refractivity contribution in [3.05, 3.63) is 40.3 Å². The van der Waals surface area contributed by atoms with Crippen molar-refractivity contribution in [3.8, 4) is 0 Å². The molecule has 1 aliphatic heterocycles. The average molecular weight is 378 g/mol. The minimum absolute atomic E-state index is 0.104. The lowest BCUT2D eigenvalue weighted by Crippen LogP contribution is -2.48. The molecule has 1 N–H and O–H groups in total. The molecule has 0 spiro atoms. The van der Waals surface area contributed by atoms with E-state index in [0.717, 1.165) is 41.9 Å². The zero-order valence-corrected chi connectivity index (χ0v) is 14.9. The molecule has 0 radical (unpaired) electrons. The molecule has 2 aromatic rings. The maximum Gasteiger partial charge on any atom is 0.272 e. The number of aromatic nitrogens is 3. The van der Waals surface area contributed by atoms with Gasteiger partial charge in [0, 0.05) is 38.1 Å². The first-order valence-corrected chi connectivity index (χ1v) is 8.51. The van der Waals surface area contributed by atoms with Crippen molar-refractivity contribution in [3.63, 3.8) is 0 Å². The van der Waals surface area contributed by atoms with Crippen LogP contribution in [0.2, 0.25) is 0 Å². The van der Waals surface area contributed by atoms with Gasteiger partial charge < -0.3 is 10.2 Å². The van der Waals surface area contributed by atoms with Crippen LogP contribution < -0.4 is 10.2 Å². The molecule has 3 rings (SSSR count). The fourth-order valence-electron chi connectivity index (χ4n) is 2.83. The Labute approximate surface area is 144 Å². The molecule has 1 fully saturated rings. The van der Waals surface area contributed by atoms with Crippen LogP contribution in [0.15, 0.2) is 28.9 Å². The maximum atomic E-state index is 12.4. The summed E-state index contributed by atoms with van der Waals surface area (Å²) in [4.78, 5) is 19.0. The van der Waals surface area contributed by atoms with E-state index >= 15 is 0 Å². The Morgan fingerprint density at radius 1 is 1.48 bits per heavy atom. The van der Waals surface area contributed by atoms with Gasteiger partial charge in [0.1, 0.15) is 11.5 Å². The van der Waals surface area contributed by atoms with Crippen molar-refractivity contribution in [2.75, 3.05) is 18.0 Å². The smallest absolute Gasteiger partial charge is 0.272 e. The van der Waals surface area contributed by atoms with Crippen molar-refractivity contribution < 1.29 is 4.79 Å². The van der Waals surface area contributed by atoms with Crippen molar-refractivity contribution in [2.24, 2.45) is 7.05 Å². The molecule has 122 valence electrons. The maximum absolute atomic E-state index is 12.4. The highest BCUT2D eigenvalue weighted by molar-refractivity contribution is 9.10. The zero-order chi connectivity index (χ0) is 16.4. The second-order valence-electron chi connectivity index (χ2n) is 5.86. The number of nitrogens with zero attached hydrogens (tertiary/aromatic N) is 4. The first-order valence-electron chi connectivity index (χ1n) is 7.71. The van der Waals surface area contributed by atoms with Gasteiger partial charge in [0.05, 0.1) is 4.47 Å². The van der Waals surface area contributed by atoms with Crippen LogP contribution in [0.1, 0.15) is 29.0 Å². The van der Waals surface area contributed by atoms with E-state index in [1.54, 1.807) is 10.9 Å². The van der Waals surface area contributed by atoms with Crippen molar-refractivity contribution in [1.82, 2.24) is 20.1 Å². The molecular weight excluding hydrogens is 358 g/mol. The van der Waals surface area contributed by atoms with Gasteiger partial charge in [0.25, 0.3) is 5.91 Å². The predicted octanol–water partition coefficient (Wildman–Crippen LogP) is 2.28. The zero-order valence-electron chi connectivity index (χ0n) is 13.3. The molecule has 6 nitrogen and oxygen atoms in total. The van der Waals surface area contributed by atoms with E-state index in [4.69, 9.17) is 0 Å². The minimum atomic E-state index is -0.111. The highest BCUT2D eigenvalue weighted by atomic mass is 79.9. The Hall–Kier alpha value is -1.89. The highest BCUT2D eigenvalue weighted by Gasteiger charge is 2.24. The van der Waals surface area contributed by atoms with Crippen molar-refractivity contribution in [2.45, 2.75) is 25.8 Å².